The molecule has 2 fully saturated rings. The Morgan fingerprint density at radius 3 is 3.00 bits per heavy atom. The fraction of sp³-hybridized carbons (Fsp3) is 0.571. The van der Waals surface area contributed by atoms with Crippen LogP contribution in [0.2, 0.25) is 5.02 Å². The molecule has 108 valence electrons. The number of thiophene rings is 1. The molecule has 3 heterocycles. The molecule has 2 amide bonds. The summed E-state index contributed by atoms with van der Waals surface area (Å²) in [7, 11) is 0. The fourth-order valence-electron chi connectivity index (χ4n) is 3.01. The van der Waals surface area contributed by atoms with E-state index in [0.717, 1.165) is 24.9 Å². The Bertz CT molecular complexity index is 557. The van der Waals surface area contributed by atoms with E-state index in [-0.39, 0.29) is 17.9 Å². The second-order valence-electron chi connectivity index (χ2n) is 5.57. The summed E-state index contributed by atoms with van der Waals surface area (Å²) in [6, 6.07) is 0.237. The van der Waals surface area contributed by atoms with E-state index < -0.39 is 0 Å². The van der Waals surface area contributed by atoms with Crippen molar-refractivity contribution in [1.29, 1.82) is 0 Å². The van der Waals surface area contributed by atoms with Gasteiger partial charge in [-0.05, 0) is 36.6 Å². The summed E-state index contributed by atoms with van der Waals surface area (Å²) < 4.78 is 0. The van der Waals surface area contributed by atoms with Gasteiger partial charge in [-0.25, -0.2) is 0 Å². The maximum atomic E-state index is 12.5. The first-order valence-corrected chi connectivity index (χ1v) is 8.14. The summed E-state index contributed by atoms with van der Waals surface area (Å²) in [6.45, 7) is 3.32. The van der Waals surface area contributed by atoms with Gasteiger partial charge in [-0.2, -0.15) is 0 Å². The number of amides is 2. The topological polar surface area (TPSA) is 49.4 Å². The number of hydrogen-bond donors (Lipinski definition) is 1. The Hall–Kier alpha value is -1.07. The van der Waals surface area contributed by atoms with Crippen molar-refractivity contribution in [3.05, 3.63) is 20.8 Å². The highest BCUT2D eigenvalue weighted by atomic mass is 35.5. The maximum Gasteiger partial charge on any atom is 0.265 e. The molecular formula is C14H17ClN2O2S. The lowest BCUT2D eigenvalue weighted by molar-refractivity contribution is -0.125. The lowest BCUT2D eigenvalue weighted by atomic mass is 9.85. The molecule has 4 nitrogen and oxygen atoms in total. The van der Waals surface area contributed by atoms with Crippen LogP contribution in [0.4, 0.5) is 0 Å². The molecule has 0 aromatic carbocycles. The zero-order valence-electron chi connectivity index (χ0n) is 11.3. The minimum atomic E-state index is 0.0310. The van der Waals surface area contributed by atoms with Crippen LogP contribution in [-0.2, 0) is 4.79 Å². The Morgan fingerprint density at radius 1 is 1.50 bits per heavy atom. The van der Waals surface area contributed by atoms with Crippen LogP contribution >= 0.6 is 22.9 Å². The number of nitrogens with one attached hydrogen (secondary N) is 1. The molecule has 2 atom stereocenters. The molecule has 1 aromatic heterocycles. The van der Waals surface area contributed by atoms with E-state index in [1.54, 1.807) is 0 Å². The van der Waals surface area contributed by atoms with Crippen LogP contribution < -0.4 is 5.32 Å². The summed E-state index contributed by atoms with van der Waals surface area (Å²) in [4.78, 5) is 26.5. The summed E-state index contributed by atoms with van der Waals surface area (Å²) in [5, 5.41) is 5.53. The van der Waals surface area contributed by atoms with Crippen molar-refractivity contribution in [2.45, 2.75) is 32.2 Å². The fourth-order valence-corrected chi connectivity index (χ4v) is 4.25. The third-order valence-electron chi connectivity index (χ3n) is 4.20. The van der Waals surface area contributed by atoms with Crippen LogP contribution in [0.5, 0.6) is 0 Å². The Kier molecular flexibility index (Phi) is 3.73. The molecule has 1 N–H and O–H groups in total. The first-order chi connectivity index (χ1) is 9.56. The quantitative estimate of drug-likeness (QED) is 0.866. The van der Waals surface area contributed by atoms with Crippen LogP contribution in [-0.4, -0.2) is 35.8 Å². The SMILES string of the molecule is Cc1csc(C(=O)N2CCC3NC(=O)CCC3C2)c1Cl. The van der Waals surface area contributed by atoms with Crippen molar-refractivity contribution < 1.29 is 9.59 Å². The van der Waals surface area contributed by atoms with E-state index in [1.807, 2.05) is 17.2 Å². The normalized spacial score (nSPS) is 26.1. The minimum absolute atomic E-state index is 0.0310. The molecule has 6 heteroatoms. The van der Waals surface area contributed by atoms with Gasteiger partial charge in [-0.3, -0.25) is 9.59 Å². The number of hydrogen-bond acceptors (Lipinski definition) is 3. The predicted molar refractivity (Wildman–Crippen MR) is 79.2 cm³/mol. The van der Waals surface area contributed by atoms with Gasteiger partial charge < -0.3 is 10.2 Å². The van der Waals surface area contributed by atoms with Crippen LogP contribution in [0.25, 0.3) is 0 Å². The molecule has 1 aromatic rings. The van der Waals surface area contributed by atoms with Crippen molar-refractivity contribution >= 4 is 34.8 Å². The lowest BCUT2D eigenvalue weighted by Crippen LogP contribution is -2.55. The van der Waals surface area contributed by atoms with Gasteiger partial charge in [-0.1, -0.05) is 11.6 Å². The highest BCUT2D eigenvalue weighted by Crippen LogP contribution is 2.31. The van der Waals surface area contributed by atoms with Gasteiger partial charge in [-0.15, -0.1) is 11.3 Å². The Labute approximate surface area is 127 Å². The van der Waals surface area contributed by atoms with E-state index in [0.29, 0.717) is 28.8 Å². The third-order valence-corrected chi connectivity index (χ3v) is 5.89. The van der Waals surface area contributed by atoms with Gasteiger partial charge in [0.25, 0.3) is 5.91 Å². The van der Waals surface area contributed by atoms with Crippen LogP contribution in [0.1, 0.15) is 34.5 Å². The van der Waals surface area contributed by atoms with Crippen molar-refractivity contribution in [1.82, 2.24) is 10.2 Å². The Morgan fingerprint density at radius 2 is 2.30 bits per heavy atom. The lowest BCUT2D eigenvalue weighted by Gasteiger charge is -2.41. The van der Waals surface area contributed by atoms with Crippen molar-refractivity contribution in [3.63, 3.8) is 0 Å². The van der Waals surface area contributed by atoms with E-state index in [2.05, 4.69) is 5.32 Å². The average molecular weight is 313 g/mol. The number of piperidine rings is 2. The van der Waals surface area contributed by atoms with Crippen molar-refractivity contribution in [3.8, 4) is 0 Å². The maximum absolute atomic E-state index is 12.5. The molecule has 0 bridgehead atoms. The Balaban J connectivity index is 1.72. The second-order valence-corrected chi connectivity index (χ2v) is 6.83. The summed E-state index contributed by atoms with van der Waals surface area (Å²) in [6.07, 6.45) is 2.28. The van der Waals surface area contributed by atoms with Crippen molar-refractivity contribution in [2.75, 3.05) is 13.1 Å². The van der Waals surface area contributed by atoms with Gasteiger partial charge in [0, 0.05) is 25.6 Å². The second kappa shape index (κ2) is 5.37. The van der Waals surface area contributed by atoms with Crippen LogP contribution in [0, 0.1) is 12.8 Å². The van der Waals surface area contributed by atoms with E-state index in [4.69, 9.17) is 11.6 Å². The molecule has 2 aliphatic heterocycles. The molecule has 0 radical (unpaired) electrons. The van der Waals surface area contributed by atoms with Gasteiger partial charge in [0.2, 0.25) is 5.91 Å². The largest absolute Gasteiger partial charge is 0.353 e. The molecule has 2 aliphatic rings. The smallest absolute Gasteiger partial charge is 0.265 e. The van der Waals surface area contributed by atoms with Gasteiger partial charge >= 0.3 is 0 Å². The molecular weight excluding hydrogens is 296 g/mol. The number of fused-ring (bicyclic) bond motifs is 1. The number of carbonyl (C=O) groups excluding carboxylic acids is 2. The first kappa shape index (κ1) is 13.9. The molecule has 20 heavy (non-hydrogen) atoms. The van der Waals surface area contributed by atoms with Gasteiger partial charge in [0.05, 0.1) is 5.02 Å². The number of nitrogens with zero attached hydrogens (tertiary/aromatic N) is 1. The average Bonchev–Trinajstić information content (AvgIpc) is 2.77. The molecule has 2 unspecified atom stereocenters. The summed E-state index contributed by atoms with van der Waals surface area (Å²) in [5.41, 5.74) is 0.958. The molecule has 0 saturated carbocycles. The summed E-state index contributed by atoms with van der Waals surface area (Å²) in [5.74, 6) is 0.552. The highest BCUT2D eigenvalue weighted by Gasteiger charge is 2.36. The third kappa shape index (κ3) is 2.44. The zero-order chi connectivity index (χ0) is 14.3. The molecule has 2 saturated heterocycles. The number of carbonyl (C=O) groups is 2. The van der Waals surface area contributed by atoms with E-state index in [9.17, 15) is 9.59 Å². The van der Waals surface area contributed by atoms with Crippen molar-refractivity contribution in [2.24, 2.45) is 5.92 Å². The highest BCUT2D eigenvalue weighted by molar-refractivity contribution is 7.13. The number of aryl methyl sites for hydroxylation is 1. The van der Waals surface area contributed by atoms with E-state index >= 15 is 0 Å². The number of rotatable bonds is 1. The van der Waals surface area contributed by atoms with Crippen LogP contribution in [0.15, 0.2) is 5.38 Å². The summed E-state index contributed by atoms with van der Waals surface area (Å²) >= 11 is 7.60. The molecule has 0 aliphatic carbocycles. The first-order valence-electron chi connectivity index (χ1n) is 6.88. The molecule has 3 rings (SSSR count). The minimum Gasteiger partial charge on any atom is -0.353 e. The number of halogens is 1. The monoisotopic (exact) mass is 312 g/mol. The van der Waals surface area contributed by atoms with Gasteiger partial charge in [0.1, 0.15) is 4.88 Å². The van der Waals surface area contributed by atoms with Gasteiger partial charge in [0.15, 0.2) is 0 Å². The number of likely N-dealkylation sites (tertiary alicyclic amines) is 1. The standard InChI is InChI=1S/C14H17ClN2O2S/c1-8-7-20-13(12(8)15)14(19)17-5-4-10-9(6-17)2-3-11(18)16-10/h7,9-10H,2-6H2,1H3,(H,16,18). The van der Waals surface area contributed by atoms with E-state index in [1.165, 1.54) is 11.3 Å². The molecule has 0 spiro atoms. The van der Waals surface area contributed by atoms with Crippen LogP contribution in [0.3, 0.4) is 0 Å². The zero-order valence-corrected chi connectivity index (χ0v) is 12.9. The predicted octanol–water partition coefficient (Wildman–Crippen LogP) is 2.45.